The molecule has 0 aromatic heterocycles. The van der Waals surface area contributed by atoms with E-state index < -0.39 is 0 Å². The summed E-state index contributed by atoms with van der Waals surface area (Å²) in [5, 5.41) is 11.7. The van der Waals surface area contributed by atoms with Crippen LogP contribution in [0.5, 0.6) is 0 Å². The molecule has 3 heteroatoms. The van der Waals surface area contributed by atoms with Gasteiger partial charge in [0.05, 0.1) is 0 Å². The summed E-state index contributed by atoms with van der Waals surface area (Å²) in [6.45, 7) is 2.70. The van der Waals surface area contributed by atoms with Gasteiger partial charge in [0.15, 0.2) is 0 Å². The summed E-state index contributed by atoms with van der Waals surface area (Å²) in [5.74, 6) is 0.775. The maximum absolute atomic E-state index is 8.84. The summed E-state index contributed by atoms with van der Waals surface area (Å²) in [7, 11) is 0. The Morgan fingerprint density at radius 1 is 1.75 bits per heavy atom. The van der Waals surface area contributed by atoms with Crippen LogP contribution in [-0.4, -0.2) is 23.6 Å². The highest BCUT2D eigenvalue weighted by molar-refractivity contribution is 7.80. The van der Waals surface area contributed by atoms with Gasteiger partial charge >= 0.3 is 0 Å². The molecule has 0 fully saturated rings. The average molecular weight is 135 g/mol. The molecule has 2 nitrogen and oxygen atoms in total. The number of aliphatic hydroxyl groups excluding tert-OH is 1. The minimum atomic E-state index is -0.345. The molecule has 2 N–H and O–H groups in total. The Morgan fingerprint density at radius 2 is 2.38 bits per heavy atom. The van der Waals surface area contributed by atoms with Gasteiger partial charge in [-0.2, -0.15) is 12.6 Å². The van der Waals surface area contributed by atoms with Crippen LogP contribution in [-0.2, 0) is 0 Å². The fourth-order valence-electron chi connectivity index (χ4n) is 0.375. The number of aliphatic hydroxyl groups is 1. The van der Waals surface area contributed by atoms with Crippen molar-refractivity contribution in [1.82, 2.24) is 5.32 Å². The van der Waals surface area contributed by atoms with Gasteiger partial charge in [0, 0.05) is 12.3 Å². The van der Waals surface area contributed by atoms with Crippen LogP contribution in [0.4, 0.5) is 0 Å². The van der Waals surface area contributed by atoms with Crippen LogP contribution in [0.1, 0.15) is 13.3 Å². The minimum Gasteiger partial charge on any atom is -0.379 e. The Balaban J connectivity index is 2.86. The highest BCUT2D eigenvalue weighted by Gasteiger charge is 1.94. The van der Waals surface area contributed by atoms with E-state index in [4.69, 9.17) is 5.11 Å². The van der Waals surface area contributed by atoms with E-state index in [-0.39, 0.29) is 6.23 Å². The molecule has 0 aromatic carbocycles. The van der Waals surface area contributed by atoms with Gasteiger partial charge in [-0.25, -0.2) is 0 Å². The van der Waals surface area contributed by atoms with E-state index in [1.165, 1.54) is 0 Å². The molecule has 1 unspecified atom stereocenters. The maximum Gasteiger partial charge on any atom is 0.104 e. The van der Waals surface area contributed by atoms with E-state index in [0.717, 1.165) is 18.7 Å². The zero-order chi connectivity index (χ0) is 6.41. The second-order valence-corrected chi connectivity index (χ2v) is 2.05. The average Bonchev–Trinajstić information content (AvgIpc) is 1.83. The molecule has 8 heavy (non-hydrogen) atoms. The lowest BCUT2D eigenvalue weighted by atomic mass is 10.4. The highest BCUT2D eigenvalue weighted by atomic mass is 32.1. The molecule has 1 atom stereocenters. The summed E-state index contributed by atoms with van der Waals surface area (Å²) in [6, 6.07) is 0. The number of hydrogen-bond donors (Lipinski definition) is 3. The molecule has 50 valence electrons. The first-order chi connectivity index (χ1) is 3.81. The van der Waals surface area contributed by atoms with Crippen molar-refractivity contribution < 1.29 is 5.11 Å². The standard InChI is InChI=1S/C5H13NOS/c1-2-5(7)6-3-4-8/h5-8H,2-4H2,1H3. The lowest BCUT2D eigenvalue weighted by molar-refractivity contribution is 0.136. The molecule has 0 rings (SSSR count). The zero-order valence-electron chi connectivity index (χ0n) is 5.09. The first-order valence-electron chi connectivity index (χ1n) is 2.83. The molecule has 0 aliphatic heterocycles. The van der Waals surface area contributed by atoms with Gasteiger partial charge < -0.3 is 5.11 Å². The van der Waals surface area contributed by atoms with Gasteiger partial charge in [-0.1, -0.05) is 6.92 Å². The lowest BCUT2D eigenvalue weighted by Gasteiger charge is -2.07. The number of nitrogens with one attached hydrogen (secondary N) is 1. The van der Waals surface area contributed by atoms with Gasteiger partial charge in [-0.05, 0) is 6.42 Å². The van der Waals surface area contributed by atoms with Gasteiger partial charge in [-0.15, -0.1) is 0 Å². The van der Waals surface area contributed by atoms with Crippen molar-refractivity contribution in [1.29, 1.82) is 0 Å². The lowest BCUT2D eigenvalue weighted by Crippen LogP contribution is -2.29. The van der Waals surface area contributed by atoms with E-state index >= 15 is 0 Å². The summed E-state index contributed by atoms with van der Waals surface area (Å²) in [5.41, 5.74) is 0. The molecule has 0 aliphatic carbocycles. The third-order valence-electron chi connectivity index (χ3n) is 0.878. The largest absolute Gasteiger partial charge is 0.379 e. The molecule has 0 saturated carbocycles. The normalized spacial score (nSPS) is 13.9. The minimum absolute atomic E-state index is 0.345. The predicted octanol–water partition coefficient (Wildman–Crippen LogP) is 0.234. The van der Waals surface area contributed by atoms with Gasteiger partial charge in [0.2, 0.25) is 0 Å². The molecule has 0 spiro atoms. The molecular weight excluding hydrogens is 122 g/mol. The quantitative estimate of drug-likeness (QED) is 0.381. The number of thiol groups is 1. The molecule has 0 saturated heterocycles. The summed E-state index contributed by atoms with van der Waals surface area (Å²) >= 11 is 3.96. The summed E-state index contributed by atoms with van der Waals surface area (Å²) in [4.78, 5) is 0. The van der Waals surface area contributed by atoms with E-state index in [1.807, 2.05) is 6.92 Å². The fourth-order valence-corrected chi connectivity index (χ4v) is 0.505. The molecular formula is C5H13NOS. The first kappa shape index (κ1) is 8.27. The Morgan fingerprint density at radius 3 is 2.75 bits per heavy atom. The Labute approximate surface area is 55.7 Å². The summed E-state index contributed by atoms with van der Waals surface area (Å²) in [6.07, 6.45) is 0.412. The SMILES string of the molecule is CCC(O)NCCS. The molecule has 0 bridgehead atoms. The van der Waals surface area contributed by atoms with Crippen molar-refractivity contribution in [3.63, 3.8) is 0 Å². The van der Waals surface area contributed by atoms with E-state index in [0.29, 0.717) is 0 Å². The summed E-state index contributed by atoms with van der Waals surface area (Å²) < 4.78 is 0. The van der Waals surface area contributed by atoms with Crippen LogP contribution in [0.2, 0.25) is 0 Å². The van der Waals surface area contributed by atoms with Crippen LogP contribution >= 0.6 is 12.6 Å². The Kier molecular flexibility index (Phi) is 5.59. The maximum atomic E-state index is 8.84. The van der Waals surface area contributed by atoms with Crippen molar-refractivity contribution in [3.05, 3.63) is 0 Å². The van der Waals surface area contributed by atoms with Gasteiger partial charge in [-0.3, -0.25) is 5.32 Å². The predicted molar refractivity (Wildman–Crippen MR) is 38.2 cm³/mol. The molecule has 0 radical (unpaired) electrons. The third kappa shape index (κ3) is 4.43. The number of hydrogen-bond acceptors (Lipinski definition) is 3. The van der Waals surface area contributed by atoms with E-state index in [9.17, 15) is 0 Å². The third-order valence-corrected chi connectivity index (χ3v) is 1.10. The monoisotopic (exact) mass is 135 g/mol. The van der Waals surface area contributed by atoms with Crippen molar-refractivity contribution in [3.8, 4) is 0 Å². The van der Waals surface area contributed by atoms with Crippen molar-refractivity contribution in [2.75, 3.05) is 12.3 Å². The van der Waals surface area contributed by atoms with E-state index in [1.54, 1.807) is 0 Å². The van der Waals surface area contributed by atoms with Gasteiger partial charge in [0.1, 0.15) is 6.23 Å². The fraction of sp³-hybridized carbons (Fsp3) is 1.00. The molecule has 0 aliphatic rings. The van der Waals surface area contributed by atoms with Crippen LogP contribution in [0.25, 0.3) is 0 Å². The first-order valence-corrected chi connectivity index (χ1v) is 3.46. The zero-order valence-corrected chi connectivity index (χ0v) is 5.99. The van der Waals surface area contributed by atoms with Crippen molar-refractivity contribution in [2.24, 2.45) is 0 Å². The number of rotatable bonds is 4. The molecule has 0 aromatic rings. The Hall–Kier alpha value is 0.270. The van der Waals surface area contributed by atoms with Crippen LogP contribution in [0.15, 0.2) is 0 Å². The van der Waals surface area contributed by atoms with Crippen LogP contribution in [0, 0.1) is 0 Å². The van der Waals surface area contributed by atoms with Crippen LogP contribution in [0.3, 0.4) is 0 Å². The molecule has 0 amide bonds. The van der Waals surface area contributed by atoms with Crippen molar-refractivity contribution >= 4 is 12.6 Å². The second-order valence-electron chi connectivity index (χ2n) is 1.60. The van der Waals surface area contributed by atoms with E-state index in [2.05, 4.69) is 17.9 Å². The molecule has 0 heterocycles. The van der Waals surface area contributed by atoms with Gasteiger partial charge in [0.25, 0.3) is 0 Å². The topological polar surface area (TPSA) is 32.3 Å². The highest BCUT2D eigenvalue weighted by Crippen LogP contribution is 1.82. The second kappa shape index (κ2) is 5.41. The Bertz CT molecular complexity index is 51.7. The smallest absolute Gasteiger partial charge is 0.104 e. The van der Waals surface area contributed by atoms with Crippen molar-refractivity contribution in [2.45, 2.75) is 19.6 Å². The van der Waals surface area contributed by atoms with Crippen LogP contribution < -0.4 is 5.32 Å².